The van der Waals surface area contributed by atoms with Gasteiger partial charge in [-0.1, -0.05) is 12.1 Å². The summed E-state index contributed by atoms with van der Waals surface area (Å²) in [6, 6.07) is 7.53. The van der Waals surface area contributed by atoms with E-state index in [9.17, 15) is 5.11 Å². The zero-order chi connectivity index (χ0) is 13.1. The molecule has 2 aromatic rings. The lowest BCUT2D eigenvalue weighted by atomic mass is 9.93. The highest BCUT2D eigenvalue weighted by molar-refractivity contribution is 6.44. The molecule has 18 heavy (non-hydrogen) atoms. The van der Waals surface area contributed by atoms with E-state index in [1.165, 1.54) is 0 Å². The van der Waals surface area contributed by atoms with Gasteiger partial charge < -0.3 is 14.8 Å². The number of nitrogens with one attached hydrogen (secondary N) is 1. The molecule has 3 nitrogen and oxygen atoms in total. The van der Waals surface area contributed by atoms with E-state index in [4.69, 9.17) is 27.6 Å². The summed E-state index contributed by atoms with van der Waals surface area (Å²) in [6.07, 6.45) is 1.64. The van der Waals surface area contributed by atoms with Crippen LogP contribution in [-0.4, -0.2) is 29.6 Å². The highest BCUT2D eigenvalue weighted by Gasteiger charge is 2.27. The molecule has 2 atom stereocenters. The zero-order valence-corrected chi connectivity index (χ0v) is 11.4. The fraction of sp³-hybridized carbons (Fsp3) is 0.385. The first kappa shape index (κ1) is 13.7. The Bertz CT molecular complexity index is 508. The minimum absolute atomic E-state index is 0.0344. The van der Waals surface area contributed by atoms with Crippen LogP contribution < -0.4 is 5.32 Å². The maximum absolute atomic E-state index is 9.38. The van der Waals surface area contributed by atoms with E-state index in [2.05, 4.69) is 5.32 Å². The van der Waals surface area contributed by atoms with Crippen molar-refractivity contribution in [3.63, 3.8) is 0 Å². The average molecular weight is 288 g/mol. The highest BCUT2D eigenvalue weighted by atomic mass is 35.5. The summed E-state index contributed by atoms with van der Waals surface area (Å²) in [5, 5.41) is 13.4. The van der Waals surface area contributed by atoms with Crippen molar-refractivity contribution in [2.45, 2.75) is 16.8 Å². The van der Waals surface area contributed by atoms with Crippen LogP contribution in [0.25, 0.3) is 11.0 Å². The first-order valence-corrected chi connectivity index (χ1v) is 6.58. The van der Waals surface area contributed by atoms with Crippen LogP contribution in [0.4, 0.5) is 0 Å². The standard InChI is InChI=1S/C13H15Cl2NO2/c1-16-10(7-17)12(13(14)15)9-3-2-8-4-5-18-11(8)6-9/h2-6,10,12-13,16-17H,7H2,1H3. The SMILES string of the molecule is CNC(CO)C(c1ccc2ccoc2c1)C(Cl)Cl. The second-order valence-corrected chi connectivity index (χ2v) is 5.32. The van der Waals surface area contributed by atoms with Crippen molar-refractivity contribution >= 4 is 34.2 Å². The second kappa shape index (κ2) is 5.93. The van der Waals surface area contributed by atoms with Crippen LogP contribution in [-0.2, 0) is 0 Å². The zero-order valence-electron chi connectivity index (χ0n) is 9.94. The summed E-state index contributed by atoms with van der Waals surface area (Å²) in [6.45, 7) is -0.0344. The number of benzene rings is 1. The quantitative estimate of drug-likeness (QED) is 0.832. The topological polar surface area (TPSA) is 45.4 Å². The molecule has 2 N–H and O–H groups in total. The summed E-state index contributed by atoms with van der Waals surface area (Å²) in [7, 11) is 1.77. The lowest BCUT2D eigenvalue weighted by Gasteiger charge is -2.26. The van der Waals surface area contributed by atoms with Crippen molar-refractivity contribution in [1.29, 1.82) is 0 Å². The molecule has 0 bridgehead atoms. The predicted molar refractivity (Wildman–Crippen MR) is 74.4 cm³/mol. The van der Waals surface area contributed by atoms with Crippen LogP contribution in [0.15, 0.2) is 34.9 Å². The van der Waals surface area contributed by atoms with Gasteiger partial charge in [-0.3, -0.25) is 0 Å². The van der Waals surface area contributed by atoms with Gasteiger partial charge in [0.2, 0.25) is 0 Å². The first-order valence-electron chi connectivity index (χ1n) is 5.70. The monoisotopic (exact) mass is 287 g/mol. The van der Waals surface area contributed by atoms with Gasteiger partial charge in [-0.15, -0.1) is 23.2 Å². The Kier molecular flexibility index (Phi) is 4.51. The maximum Gasteiger partial charge on any atom is 0.134 e. The molecule has 5 heteroatoms. The third kappa shape index (κ3) is 2.64. The molecular formula is C13H15Cl2NO2. The summed E-state index contributed by atoms with van der Waals surface area (Å²) in [5.41, 5.74) is 1.74. The van der Waals surface area contributed by atoms with Gasteiger partial charge in [0.05, 0.1) is 12.9 Å². The molecule has 98 valence electrons. The van der Waals surface area contributed by atoms with Crippen LogP contribution in [0.3, 0.4) is 0 Å². The molecule has 0 aliphatic rings. The number of halogens is 2. The van der Waals surface area contributed by atoms with Crippen LogP contribution >= 0.6 is 23.2 Å². The van der Waals surface area contributed by atoms with Crippen molar-refractivity contribution in [2.24, 2.45) is 0 Å². The largest absolute Gasteiger partial charge is 0.464 e. The third-order valence-electron chi connectivity index (χ3n) is 3.14. The lowest BCUT2D eigenvalue weighted by Crippen LogP contribution is -2.38. The van der Waals surface area contributed by atoms with Crippen LogP contribution in [0.5, 0.6) is 0 Å². The van der Waals surface area contributed by atoms with Crippen molar-refractivity contribution in [3.05, 3.63) is 36.1 Å². The molecule has 1 aromatic heterocycles. The van der Waals surface area contributed by atoms with Crippen molar-refractivity contribution in [2.75, 3.05) is 13.7 Å². The number of furan rings is 1. The van der Waals surface area contributed by atoms with Gasteiger partial charge in [-0.25, -0.2) is 0 Å². The van der Waals surface area contributed by atoms with Gasteiger partial charge in [-0.05, 0) is 24.7 Å². The Morgan fingerprint density at radius 2 is 2.11 bits per heavy atom. The molecule has 0 radical (unpaired) electrons. The number of aliphatic hydroxyl groups is 1. The summed E-state index contributed by atoms with van der Waals surface area (Å²) < 4.78 is 5.37. The molecule has 0 saturated heterocycles. The van der Waals surface area contributed by atoms with E-state index in [0.717, 1.165) is 16.5 Å². The van der Waals surface area contributed by atoms with E-state index in [-0.39, 0.29) is 18.6 Å². The van der Waals surface area contributed by atoms with Gasteiger partial charge in [0.15, 0.2) is 0 Å². The molecule has 1 aromatic carbocycles. The number of likely N-dealkylation sites (N-methyl/N-ethyl adjacent to an activating group) is 1. The minimum atomic E-state index is -0.609. The average Bonchev–Trinajstić information content (AvgIpc) is 2.82. The Labute approximate surface area is 116 Å². The Balaban J connectivity index is 2.40. The molecule has 0 fully saturated rings. The van der Waals surface area contributed by atoms with E-state index in [1.807, 2.05) is 24.3 Å². The normalized spacial score (nSPS) is 15.2. The van der Waals surface area contributed by atoms with Gasteiger partial charge in [-0.2, -0.15) is 0 Å². The van der Waals surface area contributed by atoms with Crippen molar-refractivity contribution in [1.82, 2.24) is 5.32 Å². The number of hydrogen-bond donors (Lipinski definition) is 2. The van der Waals surface area contributed by atoms with Crippen molar-refractivity contribution in [3.8, 4) is 0 Å². The summed E-state index contributed by atoms with van der Waals surface area (Å²) >= 11 is 12.1. The Hall–Kier alpha value is -0.740. The molecule has 0 saturated carbocycles. The fourth-order valence-electron chi connectivity index (χ4n) is 2.12. The van der Waals surface area contributed by atoms with Crippen molar-refractivity contribution < 1.29 is 9.52 Å². The number of aliphatic hydroxyl groups excluding tert-OH is 1. The Morgan fingerprint density at radius 3 is 2.72 bits per heavy atom. The maximum atomic E-state index is 9.38. The Morgan fingerprint density at radius 1 is 1.33 bits per heavy atom. The number of hydrogen-bond acceptors (Lipinski definition) is 3. The first-order chi connectivity index (χ1) is 8.67. The van der Waals surface area contributed by atoms with Crippen LogP contribution in [0, 0.1) is 0 Å². The van der Waals surface area contributed by atoms with E-state index in [1.54, 1.807) is 13.3 Å². The molecule has 1 heterocycles. The van der Waals surface area contributed by atoms with Crippen LogP contribution in [0.2, 0.25) is 0 Å². The molecular weight excluding hydrogens is 273 g/mol. The third-order valence-corrected chi connectivity index (χ3v) is 3.68. The van der Waals surface area contributed by atoms with Gasteiger partial charge in [0.1, 0.15) is 10.4 Å². The molecule has 0 aliphatic heterocycles. The van der Waals surface area contributed by atoms with E-state index in [0.29, 0.717) is 0 Å². The fourth-order valence-corrected chi connectivity index (χ4v) is 2.76. The second-order valence-electron chi connectivity index (χ2n) is 4.16. The van der Waals surface area contributed by atoms with Gasteiger partial charge in [0.25, 0.3) is 0 Å². The molecule has 2 rings (SSSR count). The van der Waals surface area contributed by atoms with E-state index < -0.39 is 4.84 Å². The number of fused-ring (bicyclic) bond motifs is 1. The minimum Gasteiger partial charge on any atom is -0.464 e. The number of rotatable bonds is 5. The molecule has 2 unspecified atom stereocenters. The predicted octanol–water partition coefficient (Wildman–Crippen LogP) is 2.90. The molecule has 0 aliphatic carbocycles. The number of alkyl halides is 2. The summed E-state index contributed by atoms with van der Waals surface area (Å²) in [4.78, 5) is -0.609. The van der Waals surface area contributed by atoms with Gasteiger partial charge in [0, 0.05) is 17.3 Å². The smallest absolute Gasteiger partial charge is 0.134 e. The van der Waals surface area contributed by atoms with Crippen LogP contribution in [0.1, 0.15) is 11.5 Å². The highest BCUT2D eigenvalue weighted by Crippen LogP contribution is 2.32. The lowest BCUT2D eigenvalue weighted by molar-refractivity contribution is 0.232. The summed E-state index contributed by atoms with van der Waals surface area (Å²) in [5.74, 6) is -0.196. The molecule has 0 spiro atoms. The van der Waals surface area contributed by atoms with Gasteiger partial charge >= 0.3 is 0 Å². The van der Waals surface area contributed by atoms with E-state index >= 15 is 0 Å². The molecule has 0 amide bonds.